The number of rotatable bonds is 3. The molecule has 0 saturated carbocycles. The molecule has 0 aliphatic carbocycles. The minimum Gasteiger partial charge on any atom is -0.445 e. The molecular weight excluding hydrogens is 392 g/mol. The smallest absolute Gasteiger partial charge is 0.339 e. The first-order valence-electron chi connectivity index (χ1n) is 10.8. The summed E-state index contributed by atoms with van der Waals surface area (Å²) in [7, 11) is 0. The Bertz CT molecular complexity index is 1050. The lowest BCUT2D eigenvalue weighted by atomic mass is 9.89. The lowest BCUT2D eigenvalue weighted by Gasteiger charge is -2.34. The van der Waals surface area contributed by atoms with E-state index in [1.165, 1.54) is 0 Å². The van der Waals surface area contributed by atoms with Crippen molar-refractivity contribution in [2.75, 3.05) is 11.9 Å². The van der Waals surface area contributed by atoms with Crippen LogP contribution in [0.15, 0.2) is 42.5 Å². The predicted octanol–water partition coefficient (Wildman–Crippen LogP) is 4.12. The van der Waals surface area contributed by atoms with E-state index in [1.54, 1.807) is 31.2 Å². The van der Waals surface area contributed by atoms with Crippen LogP contribution in [0.2, 0.25) is 0 Å². The van der Waals surface area contributed by atoms with Crippen LogP contribution < -0.4 is 5.32 Å². The van der Waals surface area contributed by atoms with Gasteiger partial charge in [-0.2, -0.15) is 0 Å². The third-order valence-corrected chi connectivity index (χ3v) is 6.35. The lowest BCUT2D eigenvalue weighted by molar-refractivity contribution is -0.134. The number of cyclic esters (lactones) is 1. The highest BCUT2D eigenvalue weighted by molar-refractivity contribution is 6.03. The molecule has 0 spiro atoms. The second-order valence-corrected chi connectivity index (χ2v) is 8.78. The highest BCUT2D eigenvalue weighted by Crippen LogP contribution is 2.30. The van der Waals surface area contributed by atoms with Gasteiger partial charge < -0.3 is 15.0 Å². The van der Waals surface area contributed by atoms with E-state index in [2.05, 4.69) is 12.2 Å². The number of nitrogens with zero attached hydrogens (tertiary/aromatic N) is 1. The standard InChI is InChI=1S/C25H28N2O4/c1-16-14-18(22(28)27-13-7-6-8-17(27)2)11-12-21(16)26-24(30)25(3)15-19-9-4-5-10-20(19)23(29)31-25/h4-5,9-12,14,17H,6-8,13,15H2,1-3H3,(H,26,30). The van der Waals surface area contributed by atoms with Crippen molar-refractivity contribution in [3.8, 4) is 0 Å². The summed E-state index contributed by atoms with van der Waals surface area (Å²) >= 11 is 0. The summed E-state index contributed by atoms with van der Waals surface area (Å²) in [6.45, 7) is 6.35. The quantitative estimate of drug-likeness (QED) is 0.758. The largest absolute Gasteiger partial charge is 0.445 e. The number of esters is 1. The number of amides is 2. The Labute approximate surface area is 182 Å². The van der Waals surface area contributed by atoms with E-state index in [9.17, 15) is 14.4 Å². The Balaban J connectivity index is 1.50. The van der Waals surface area contributed by atoms with Crippen LogP contribution in [0, 0.1) is 6.92 Å². The fourth-order valence-electron chi connectivity index (χ4n) is 4.42. The number of hydrogen-bond donors (Lipinski definition) is 1. The molecule has 2 aliphatic heterocycles. The zero-order valence-corrected chi connectivity index (χ0v) is 18.2. The summed E-state index contributed by atoms with van der Waals surface area (Å²) in [4.78, 5) is 40.3. The molecule has 4 rings (SSSR count). The van der Waals surface area contributed by atoms with Crippen LogP contribution in [0.3, 0.4) is 0 Å². The lowest BCUT2D eigenvalue weighted by Crippen LogP contribution is -2.49. The molecule has 0 radical (unpaired) electrons. The Morgan fingerprint density at radius 1 is 1.16 bits per heavy atom. The van der Waals surface area contributed by atoms with Gasteiger partial charge in [-0.05, 0) is 75.4 Å². The monoisotopic (exact) mass is 420 g/mol. The van der Waals surface area contributed by atoms with E-state index in [0.29, 0.717) is 23.2 Å². The maximum atomic E-state index is 13.0. The molecule has 162 valence electrons. The number of fused-ring (bicyclic) bond motifs is 1. The summed E-state index contributed by atoms with van der Waals surface area (Å²) in [6, 6.07) is 12.7. The first-order chi connectivity index (χ1) is 14.8. The van der Waals surface area contributed by atoms with Crippen LogP contribution in [0.1, 0.15) is 65.0 Å². The Morgan fingerprint density at radius 3 is 2.68 bits per heavy atom. The van der Waals surface area contributed by atoms with Gasteiger partial charge in [-0.3, -0.25) is 9.59 Å². The number of nitrogens with one attached hydrogen (secondary N) is 1. The number of likely N-dealkylation sites (tertiary alicyclic amines) is 1. The third-order valence-electron chi connectivity index (χ3n) is 6.35. The fourth-order valence-corrected chi connectivity index (χ4v) is 4.42. The van der Waals surface area contributed by atoms with Gasteiger partial charge in [-0.15, -0.1) is 0 Å². The summed E-state index contributed by atoms with van der Waals surface area (Å²) in [5.41, 5.74) is 2.01. The molecule has 2 heterocycles. The maximum Gasteiger partial charge on any atom is 0.339 e. The zero-order valence-electron chi connectivity index (χ0n) is 18.2. The number of aryl methyl sites for hydroxylation is 1. The van der Waals surface area contributed by atoms with E-state index in [-0.39, 0.29) is 17.9 Å². The predicted molar refractivity (Wildman–Crippen MR) is 118 cm³/mol. The summed E-state index contributed by atoms with van der Waals surface area (Å²) < 4.78 is 5.52. The van der Waals surface area contributed by atoms with Gasteiger partial charge in [0.1, 0.15) is 0 Å². The topological polar surface area (TPSA) is 75.7 Å². The number of anilines is 1. The van der Waals surface area contributed by atoms with Gasteiger partial charge in [0.15, 0.2) is 5.60 Å². The van der Waals surface area contributed by atoms with Crippen LogP contribution in [-0.2, 0) is 16.0 Å². The van der Waals surface area contributed by atoms with E-state index < -0.39 is 11.6 Å². The Kier molecular flexibility index (Phi) is 5.56. The number of ether oxygens (including phenoxy) is 1. The molecule has 2 aliphatic rings. The molecule has 2 aromatic carbocycles. The highest BCUT2D eigenvalue weighted by Gasteiger charge is 2.42. The maximum absolute atomic E-state index is 13.0. The molecule has 2 unspecified atom stereocenters. The average Bonchev–Trinajstić information content (AvgIpc) is 2.75. The van der Waals surface area contributed by atoms with Gasteiger partial charge in [-0.25, -0.2) is 4.79 Å². The molecular formula is C25H28N2O4. The average molecular weight is 421 g/mol. The van der Waals surface area contributed by atoms with E-state index in [1.807, 2.05) is 30.0 Å². The van der Waals surface area contributed by atoms with Crippen molar-refractivity contribution in [2.24, 2.45) is 0 Å². The summed E-state index contributed by atoms with van der Waals surface area (Å²) in [6.07, 6.45) is 3.52. The molecule has 6 heteroatoms. The minimum absolute atomic E-state index is 0.0259. The molecule has 1 fully saturated rings. The van der Waals surface area contributed by atoms with Crippen molar-refractivity contribution in [3.63, 3.8) is 0 Å². The molecule has 0 aromatic heterocycles. The normalized spacial score (nSPS) is 23.0. The van der Waals surface area contributed by atoms with Crippen LogP contribution >= 0.6 is 0 Å². The molecule has 1 saturated heterocycles. The van der Waals surface area contributed by atoms with Gasteiger partial charge in [0.2, 0.25) is 0 Å². The Morgan fingerprint density at radius 2 is 1.94 bits per heavy atom. The zero-order chi connectivity index (χ0) is 22.2. The Hall–Kier alpha value is -3.15. The fraction of sp³-hybridized carbons (Fsp3) is 0.400. The first kappa shape index (κ1) is 21.1. The summed E-state index contributed by atoms with van der Waals surface area (Å²) in [5, 5.41) is 2.89. The minimum atomic E-state index is -1.30. The number of hydrogen-bond acceptors (Lipinski definition) is 4. The number of piperidine rings is 1. The van der Waals surface area contributed by atoms with Gasteiger partial charge in [0, 0.05) is 30.3 Å². The van der Waals surface area contributed by atoms with Crippen LogP contribution in [0.4, 0.5) is 5.69 Å². The molecule has 1 N–H and O–H groups in total. The van der Waals surface area contributed by atoms with Gasteiger partial charge in [0.05, 0.1) is 5.56 Å². The second-order valence-electron chi connectivity index (χ2n) is 8.78. The number of benzene rings is 2. The van der Waals surface area contributed by atoms with Crippen molar-refractivity contribution >= 4 is 23.5 Å². The van der Waals surface area contributed by atoms with Gasteiger partial charge in [0.25, 0.3) is 11.8 Å². The van der Waals surface area contributed by atoms with Crippen molar-refractivity contribution in [1.82, 2.24) is 4.90 Å². The van der Waals surface area contributed by atoms with Crippen LogP contribution in [-0.4, -0.2) is 40.9 Å². The van der Waals surface area contributed by atoms with E-state index >= 15 is 0 Å². The van der Waals surface area contributed by atoms with Gasteiger partial charge >= 0.3 is 5.97 Å². The van der Waals surface area contributed by atoms with Crippen LogP contribution in [0.5, 0.6) is 0 Å². The molecule has 6 nitrogen and oxygen atoms in total. The molecule has 2 atom stereocenters. The van der Waals surface area contributed by atoms with Crippen molar-refractivity contribution in [2.45, 2.75) is 58.1 Å². The van der Waals surface area contributed by atoms with Crippen molar-refractivity contribution in [3.05, 3.63) is 64.7 Å². The van der Waals surface area contributed by atoms with Crippen LogP contribution in [0.25, 0.3) is 0 Å². The second kappa shape index (κ2) is 8.17. The number of carbonyl (C=O) groups is 3. The SMILES string of the molecule is Cc1cc(C(=O)N2CCCCC2C)ccc1NC(=O)C1(C)Cc2ccccc2C(=O)O1. The number of carbonyl (C=O) groups excluding carboxylic acids is 3. The van der Waals surface area contributed by atoms with Crippen molar-refractivity contribution < 1.29 is 19.1 Å². The highest BCUT2D eigenvalue weighted by atomic mass is 16.6. The van der Waals surface area contributed by atoms with E-state index in [0.717, 1.165) is 36.9 Å². The molecule has 2 amide bonds. The van der Waals surface area contributed by atoms with Crippen molar-refractivity contribution in [1.29, 1.82) is 0 Å². The summed E-state index contributed by atoms with van der Waals surface area (Å²) in [5.74, 6) is -0.854. The molecule has 0 bridgehead atoms. The first-order valence-corrected chi connectivity index (χ1v) is 10.8. The molecule has 31 heavy (non-hydrogen) atoms. The molecule has 2 aromatic rings. The van der Waals surface area contributed by atoms with E-state index in [4.69, 9.17) is 4.74 Å². The van der Waals surface area contributed by atoms with Gasteiger partial charge in [-0.1, -0.05) is 18.2 Å². The third kappa shape index (κ3) is 4.07.